The van der Waals surface area contributed by atoms with Crippen LogP contribution in [0.1, 0.15) is 38.2 Å². The Balaban J connectivity index is 2.23. The maximum atomic E-state index is 14.2. The molecule has 0 aromatic heterocycles. The van der Waals surface area contributed by atoms with E-state index in [4.69, 9.17) is 18.0 Å². The van der Waals surface area contributed by atoms with Gasteiger partial charge in [0.25, 0.3) is 0 Å². The second-order valence-electron chi connectivity index (χ2n) is 5.47. The Morgan fingerprint density at radius 3 is 2.63 bits per heavy atom. The quantitative estimate of drug-likeness (QED) is 0.860. The number of nitrogens with zero attached hydrogens (tertiary/aromatic N) is 1. The molecular weight excluding hydrogens is 259 g/mol. The summed E-state index contributed by atoms with van der Waals surface area (Å²) in [6.45, 7) is 2.25. The highest BCUT2D eigenvalue weighted by Crippen LogP contribution is 2.31. The van der Waals surface area contributed by atoms with Gasteiger partial charge in [-0.2, -0.15) is 0 Å². The molecule has 2 nitrogen and oxygen atoms in total. The molecule has 0 amide bonds. The molecule has 1 saturated carbocycles. The molecule has 104 valence electrons. The lowest BCUT2D eigenvalue weighted by molar-refractivity contribution is 0.320. The average molecular weight is 280 g/mol. The van der Waals surface area contributed by atoms with E-state index in [0.29, 0.717) is 23.2 Å². The van der Waals surface area contributed by atoms with Gasteiger partial charge in [0, 0.05) is 18.7 Å². The van der Waals surface area contributed by atoms with E-state index in [2.05, 4.69) is 11.8 Å². The van der Waals surface area contributed by atoms with E-state index in [1.807, 2.05) is 7.05 Å². The Morgan fingerprint density at radius 1 is 1.37 bits per heavy atom. The first-order chi connectivity index (χ1) is 9.00. The standard InChI is InChI=1S/C15H21FN2S/c1-10-5-3-4-6-13(10)18(2)14-8-7-11(15(17)19)9-12(14)16/h7-10,13H,3-6H2,1-2H3,(H2,17,19). The number of halogens is 1. The summed E-state index contributed by atoms with van der Waals surface area (Å²) in [5.74, 6) is 0.360. The molecule has 2 N–H and O–H groups in total. The minimum absolute atomic E-state index is 0.235. The zero-order valence-corrected chi connectivity index (χ0v) is 12.3. The van der Waals surface area contributed by atoms with Crippen LogP contribution in [0.5, 0.6) is 0 Å². The van der Waals surface area contributed by atoms with E-state index in [0.717, 1.165) is 6.42 Å². The monoisotopic (exact) mass is 280 g/mol. The van der Waals surface area contributed by atoms with Crippen molar-refractivity contribution in [2.45, 2.75) is 38.6 Å². The van der Waals surface area contributed by atoms with Crippen molar-refractivity contribution in [3.63, 3.8) is 0 Å². The van der Waals surface area contributed by atoms with Crippen molar-refractivity contribution < 1.29 is 4.39 Å². The topological polar surface area (TPSA) is 29.3 Å². The zero-order chi connectivity index (χ0) is 14.0. The van der Waals surface area contributed by atoms with Gasteiger partial charge in [-0.3, -0.25) is 0 Å². The van der Waals surface area contributed by atoms with Crippen LogP contribution >= 0.6 is 12.2 Å². The Bertz CT molecular complexity index is 475. The molecule has 0 saturated heterocycles. The Kier molecular flexibility index (Phi) is 4.40. The van der Waals surface area contributed by atoms with Gasteiger partial charge < -0.3 is 10.6 Å². The number of thiocarbonyl (C=S) groups is 1. The SMILES string of the molecule is CC1CCCCC1N(C)c1ccc(C(N)=S)cc1F. The highest BCUT2D eigenvalue weighted by atomic mass is 32.1. The molecule has 1 aromatic carbocycles. The second kappa shape index (κ2) is 5.87. The summed E-state index contributed by atoms with van der Waals surface area (Å²) in [6, 6.07) is 5.43. The molecule has 0 aliphatic heterocycles. The minimum Gasteiger partial charge on any atom is -0.389 e. The van der Waals surface area contributed by atoms with E-state index in [-0.39, 0.29) is 10.8 Å². The molecule has 1 aromatic rings. The Labute approximate surface area is 119 Å². The van der Waals surface area contributed by atoms with Crippen molar-refractivity contribution in [3.05, 3.63) is 29.6 Å². The summed E-state index contributed by atoms with van der Waals surface area (Å²) in [5, 5.41) is 0. The summed E-state index contributed by atoms with van der Waals surface area (Å²) in [6.07, 6.45) is 4.87. The van der Waals surface area contributed by atoms with Crippen molar-refractivity contribution in [2.75, 3.05) is 11.9 Å². The van der Waals surface area contributed by atoms with Gasteiger partial charge in [0.1, 0.15) is 10.8 Å². The molecule has 0 radical (unpaired) electrons. The van der Waals surface area contributed by atoms with E-state index in [9.17, 15) is 4.39 Å². The van der Waals surface area contributed by atoms with Gasteiger partial charge in [0.15, 0.2) is 0 Å². The van der Waals surface area contributed by atoms with Crippen LogP contribution in [-0.4, -0.2) is 18.1 Å². The molecule has 19 heavy (non-hydrogen) atoms. The van der Waals surface area contributed by atoms with Gasteiger partial charge in [-0.05, 0) is 37.0 Å². The molecule has 4 heteroatoms. The first kappa shape index (κ1) is 14.3. The zero-order valence-electron chi connectivity index (χ0n) is 11.5. The van der Waals surface area contributed by atoms with Gasteiger partial charge in [-0.15, -0.1) is 0 Å². The summed E-state index contributed by atoms with van der Waals surface area (Å²) >= 11 is 4.87. The molecule has 2 unspecified atom stereocenters. The third kappa shape index (κ3) is 3.06. The third-order valence-corrected chi connectivity index (χ3v) is 4.41. The van der Waals surface area contributed by atoms with Crippen LogP contribution < -0.4 is 10.6 Å². The average Bonchev–Trinajstić information content (AvgIpc) is 2.38. The fraction of sp³-hybridized carbons (Fsp3) is 0.533. The smallest absolute Gasteiger partial charge is 0.147 e. The number of benzene rings is 1. The first-order valence-corrected chi connectivity index (χ1v) is 7.23. The van der Waals surface area contributed by atoms with Crippen LogP contribution in [0, 0.1) is 11.7 Å². The normalized spacial score (nSPS) is 23.1. The van der Waals surface area contributed by atoms with Crippen LogP contribution in [0.25, 0.3) is 0 Å². The molecule has 1 fully saturated rings. The summed E-state index contributed by atoms with van der Waals surface area (Å²) in [7, 11) is 1.98. The van der Waals surface area contributed by atoms with Crippen LogP contribution in [0.3, 0.4) is 0 Å². The number of hydrogen-bond donors (Lipinski definition) is 1. The van der Waals surface area contributed by atoms with Crippen molar-refractivity contribution in [2.24, 2.45) is 11.7 Å². The summed E-state index contributed by atoms with van der Waals surface area (Å²) in [4.78, 5) is 2.31. The summed E-state index contributed by atoms with van der Waals surface area (Å²) < 4.78 is 14.2. The number of rotatable bonds is 3. The van der Waals surface area contributed by atoms with Crippen molar-refractivity contribution in [1.29, 1.82) is 0 Å². The van der Waals surface area contributed by atoms with Crippen LogP contribution in [0.15, 0.2) is 18.2 Å². The fourth-order valence-electron chi connectivity index (χ4n) is 3.00. The molecule has 1 aliphatic carbocycles. The maximum Gasteiger partial charge on any atom is 0.147 e. The van der Waals surface area contributed by atoms with Crippen LogP contribution in [0.2, 0.25) is 0 Å². The third-order valence-electron chi connectivity index (χ3n) is 4.18. The lowest BCUT2D eigenvalue weighted by atomic mass is 9.85. The van der Waals surface area contributed by atoms with Crippen LogP contribution in [-0.2, 0) is 0 Å². The highest BCUT2D eigenvalue weighted by Gasteiger charge is 2.26. The molecule has 0 heterocycles. The minimum atomic E-state index is -0.245. The van der Waals surface area contributed by atoms with Crippen molar-refractivity contribution in [3.8, 4) is 0 Å². The number of hydrogen-bond acceptors (Lipinski definition) is 2. The van der Waals surface area contributed by atoms with Crippen molar-refractivity contribution in [1.82, 2.24) is 0 Å². The summed E-state index contributed by atoms with van der Waals surface area (Å²) in [5.41, 5.74) is 6.75. The molecule has 1 aliphatic rings. The predicted molar refractivity (Wildman–Crippen MR) is 82.1 cm³/mol. The van der Waals surface area contributed by atoms with Gasteiger partial charge in [-0.1, -0.05) is 32.0 Å². The van der Waals surface area contributed by atoms with E-state index >= 15 is 0 Å². The van der Waals surface area contributed by atoms with Gasteiger partial charge in [-0.25, -0.2) is 4.39 Å². The molecule has 0 bridgehead atoms. The number of anilines is 1. The largest absolute Gasteiger partial charge is 0.389 e. The highest BCUT2D eigenvalue weighted by molar-refractivity contribution is 7.80. The van der Waals surface area contributed by atoms with E-state index in [1.165, 1.54) is 25.3 Å². The fourth-order valence-corrected chi connectivity index (χ4v) is 3.12. The Hall–Kier alpha value is -1.16. The van der Waals surface area contributed by atoms with Gasteiger partial charge >= 0.3 is 0 Å². The van der Waals surface area contributed by atoms with Gasteiger partial charge in [0.05, 0.1) is 5.69 Å². The predicted octanol–water partition coefficient (Wildman–Crippen LogP) is 3.47. The second-order valence-corrected chi connectivity index (χ2v) is 5.91. The van der Waals surface area contributed by atoms with Crippen LogP contribution in [0.4, 0.5) is 10.1 Å². The molecule has 2 atom stereocenters. The van der Waals surface area contributed by atoms with Gasteiger partial charge in [0.2, 0.25) is 0 Å². The number of nitrogens with two attached hydrogens (primary N) is 1. The lowest BCUT2D eigenvalue weighted by Gasteiger charge is -2.37. The van der Waals surface area contributed by atoms with Crippen molar-refractivity contribution >= 4 is 22.9 Å². The Morgan fingerprint density at radius 2 is 2.05 bits per heavy atom. The first-order valence-electron chi connectivity index (χ1n) is 6.83. The molecule has 0 spiro atoms. The maximum absolute atomic E-state index is 14.2. The van der Waals surface area contributed by atoms with E-state index in [1.54, 1.807) is 12.1 Å². The van der Waals surface area contributed by atoms with E-state index < -0.39 is 0 Å². The molecular formula is C15H21FN2S. The molecule has 2 rings (SSSR count). The lowest BCUT2D eigenvalue weighted by Crippen LogP contribution is -2.39.